The highest BCUT2D eigenvalue weighted by molar-refractivity contribution is 6.08. The maximum absolute atomic E-state index is 13.5. The van der Waals surface area contributed by atoms with Gasteiger partial charge in [0.1, 0.15) is 0 Å². The maximum Gasteiger partial charge on any atom is 0.335 e. The second-order valence-corrected chi connectivity index (χ2v) is 11.4. The number of benzene rings is 3. The highest BCUT2D eigenvalue weighted by Gasteiger charge is 2.28. The topological polar surface area (TPSA) is 64.1 Å². The van der Waals surface area contributed by atoms with E-state index in [9.17, 15) is 9.59 Å². The zero-order chi connectivity index (χ0) is 28.2. The van der Waals surface area contributed by atoms with Gasteiger partial charge in [0.15, 0.2) is 5.78 Å². The van der Waals surface area contributed by atoms with E-state index in [1.807, 2.05) is 6.07 Å². The summed E-state index contributed by atoms with van der Waals surface area (Å²) in [5.41, 5.74) is 6.11. The number of allylic oxidation sites excluding steroid dienone is 1. The van der Waals surface area contributed by atoms with Crippen LogP contribution in [0.25, 0.3) is 6.08 Å². The number of aromatic carboxylic acids is 1. The van der Waals surface area contributed by atoms with Gasteiger partial charge in [0.05, 0.1) is 16.9 Å². The molecule has 4 rings (SSSR count). The predicted molar refractivity (Wildman–Crippen MR) is 160 cm³/mol. The smallest absolute Gasteiger partial charge is 0.335 e. The summed E-state index contributed by atoms with van der Waals surface area (Å²) in [7, 11) is 4.29. The normalized spacial score (nSPS) is 14.5. The lowest BCUT2D eigenvalue weighted by molar-refractivity contribution is 0.0696. The van der Waals surface area contributed by atoms with Gasteiger partial charge in [0.25, 0.3) is 0 Å². The van der Waals surface area contributed by atoms with E-state index in [-0.39, 0.29) is 16.8 Å². The van der Waals surface area contributed by atoms with Crippen molar-refractivity contribution in [1.29, 1.82) is 0 Å². The molecule has 0 atom stereocenters. The highest BCUT2D eigenvalue weighted by atomic mass is 16.4. The fraction of sp³-hybridized carbons (Fsp3) is 0.333. The fourth-order valence-corrected chi connectivity index (χ4v) is 4.96. The van der Waals surface area contributed by atoms with Gasteiger partial charge in [0, 0.05) is 45.3 Å². The van der Waals surface area contributed by atoms with Crippen LogP contribution in [0.2, 0.25) is 0 Å². The lowest BCUT2D eigenvalue weighted by atomic mass is 9.83. The largest absolute Gasteiger partial charge is 0.478 e. The Morgan fingerprint density at radius 2 is 1.56 bits per heavy atom. The molecule has 1 N–H and O–H groups in total. The quantitative estimate of drug-likeness (QED) is 0.289. The Labute approximate surface area is 232 Å². The third-order valence-electron chi connectivity index (χ3n) is 7.26. The van der Waals surface area contributed by atoms with E-state index >= 15 is 0 Å². The van der Waals surface area contributed by atoms with Crippen molar-refractivity contribution in [2.45, 2.75) is 32.7 Å². The minimum absolute atomic E-state index is 0.0737. The van der Waals surface area contributed by atoms with Crippen LogP contribution < -0.4 is 9.80 Å². The number of rotatable bonds is 8. The van der Waals surface area contributed by atoms with Gasteiger partial charge < -0.3 is 19.8 Å². The predicted octanol–water partition coefficient (Wildman–Crippen LogP) is 5.97. The minimum Gasteiger partial charge on any atom is -0.478 e. The average Bonchev–Trinajstić information content (AvgIpc) is 2.91. The maximum atomic E-state index is 13.5. The van der Waals surface area contributed by atoms with Crippen molar-refractivity contribution in [3.8, 4) is 0 Å². The molecule has 0 bridgehead atoms. The number of nitrogens with zero attached hydrogens (tertiary/aromatic N) is 3. The molecule has 6 nitrogen and oxygen atoms in total. The van der Waals surface area contributed by atoms with Gasteiger partial charge in [-0.25, -0.2) is 4.79 Å². The number of carboxylic acids is 1. The van der Waals surface area contributed by atoms with E-state index in [1.165, 1.54) is 11.3 Å². The Balaban J connectivity index is 1.75. The van der Waals surface area contributed by atoms with Gasteiger partial charge in [-0.2, -0.15) is 0 Å². The van der Waals surface area contributed by atoms with Crippen molar-refractivity contribution in [2.75, 3.05) is 50.1 Å². The SMILES string of the molecule is CN1CCN(c2cc(C(=O)/C=C/c3ccc(C(=O)O)cc3)cc(C(C)(C)C)c2N(C)Cc2ccccc2)CC1. The summed E-state index contributed by atoms with van der Waals surface area (Å²) in [6.07, 6.45) is 3.33. The fourth-order valence-electron chi connectivity index (χ4n) is 4.96. The summed E-state index contributed by atoms with van der Waals surface area (Å²) < 4.78 is 0. The molecule has 0 amide bonds. The van der Waals surface area contributed by atoms with Gasteiger partial charge in [0.2, 0.25) is 0 Å². The van der Waals surface area contributed by atoms with Crippen LogP contribution in [0, 0.1) is 0 Å². The molecule has 1 aliphatic rings. The Hall–Kier alpha value is -3.90. The number of carboxylic acid groups (broad SMARTS) is 1. The molecule has 0 saturated carbocycles. The molecule has 3 aromatic rings. The molecule has 0 unspecified atom stereocenters. The van der Waals surface area contributed by atoms with Crippen molar-refractivity contribution < 1.29 is 14.7 Å². The van der Waals surface area contributed by atoms with E-state index in [4.69, 9.17) is 5.11 Å². The number of hydrogen-bond donors (Lipinski definition) is 1. The number of carbonyl (C=O) groups is 2. The first-order chi connectivity index (χ1) is 18.5. The summed E-state index contributed by atoms with van der Waals surface area (Å²) in [6.45, 7) is 11.1. The molecule has 1 aliphatic heterocycles. The summed E-state index contributed by atoms with van der Waals surface area (Å²) in [4.78, 5) is 31.7. The van der Waals surface area contributed by atoms with Crippen LogP contribution in [0.4, 0.5) is 11.4 Å². The number of ketones is 1. The second kappa shape index (κ2) is 11.9. The molecule has 0 aromatic heterocycles. The van der Waals surface area contributed by atoms with Gasteiger partial charge in [-0.05, 0) is 59.5 Å². The van der Waals surface area contributed by atoms with Crippen LogP contribution in [0.5, 0.6) is 0 Å². The molecule has 6 heteroatoms. The molecule has 204 valence electrons. The second-order valence-electron chi connectivity index (χ2n) is 11.4. The summed E-state index contributed by atoms with van der Waals surface area (Å²) >= 11 is 0. The highest BCUT2D eigenvalue weighted by Crippen LogP contribution is 2.41. The van der Waals surface area contributed by atoms with Crippen LogP contribution in [-0.4, -0.2) is 62.0 Å². The van der Waals surface area contributed by atoms with Crippen molar-refractivity contribution in [2.24, 2.45) is 0 Å². The molecule has 1 saturated heterocycles. The van der Waals surface area contributed by atoms with E-state index in [1.54, 1.807) is 36.4 Å². The van der Waals surface area contributed by atoms with Gasteiger partial charge in [-0.1, -0.05) is 69.3 Å². The molecule has 0 aliphatic carbocycles. The average molecular weight is 526 g/mol. The third kappa shape index (κ3) is 6.95. The number of carbonyl (C=O) groups excluding carboxylic acids is 1. The van der Waals surface area contributed by atoms with Crippen LogP contribution in [0.1, 0.15) is 58.2 Å². The molecule has 39 heavy (non-hydrogen) atoms. The van der Waals surface area contributed by atoms with Crippen molar-refractivity contribution >= 4 is 29.2 Å². The van der Waals surface area contributed by atoms with E-state index in [2.05, 4.69) is 86.0 Å². The van der Waals surface area contributed by atoms with Crippen molar-refractivity contribution in [3.05, 3.63) is 101 Å². The Bertz CT molecular complexity index is 1330. The lowest BCUT2D eigenvalue weighted by Gasteiger charge is -2.39. The third-order valence-corrected chi connectivity index (χ3v) is 7.26. The molecule has 1 heterocycles. The first-order valence-electron chi connectivity index (χ1n) is 13.5. The first-order valence-corrected chi connectivity index (χ1v) is 13.5. The van der Waals surface area contributed by atoms with Gasteiger partial charge in [-0.15, -0.1) is 0 Å². The Kier molecular flexibility index (Phi) is 8.56. The molecular formula is C33H39N3O3. The molecule has 1 fully saturated rings. The molecule has 0 spiro atoms. The van der Waals surface area contributed by atoms with Crippen molar-refractivity contribution in [1.82, 2.24) is 4.90 Å². The first kappa shape index (κ1) is 28.1. The molecule has 0 radical (unpaired) electrons. The van der Waals surface area contributed by atoms with Crippen molar-refractivity contribution in [3.63, 3.8) is 0 Å². The van der Waals surface area contributed by atoms with E-state index in [0.29, 0.717) is 5.56 Å². The molecule has 3 aromatic carbocycles. The number of hydrogen-bond acceptors (Lipinski definition) is 5. The summed E-state index contributed by atoms with van der Waals surface area (Å²) in [5.74, 6) is -1.04. The zero-order valence-electron chi connectivity index (χ0n) is 23.6. The van der Waals surface area contributed by atoms with Gasteiger partial charge >= 0.3 is 5.97 Å². The molecular weight excluding hydrogens is 486 g/mol. The van der Waals surface area contributed by atoms with E-state index in [0.717, 1.165) is 49.5 Å². The summed E-state index contributed by atoms with van der Waals surface area (Å²) in [6, 6.07) is 21.1. The minimum atomic E-state index is -0.968. The summed E-state index contributed by atoms with van der Waals surface area (Å²) in [5, 5.41) is 9.14. The van der Waals surface area contributed by atoms with Crippen LogP contribution in [-0.2, 0) is 12.0 Å². The van der Waals surface area contributed by atoms with Gasteiger partial charge in [-0.3, -0.25) is 4.79 Å². The standard InChI is InChI=1S/C33H39N3O3/c1-33(2,3)28-21-27(30(37)16-13-24-11-14-26(15-12-24)32(38)39)22-29(36-19-17-34(4)18-20-36)31(28)35(5)23-25-9-7-6-8-10-25/h6-16,21-22H,17-20,23H2,1-5H3,(H,38,39)/b16-13+. The monoisotopic (exact) mass is 525 g/mol. The Morgan fingerprint density at radius 3 is 2.15 bits per heavy atom. The number of piperazine rings is 1. The van der Waals surface area contributed by atoms with Crippen LogP contribution in [0.15, 0.2) is 72.8 Å². The Morgan fingerprint density at radius 1 is 0.923 bits per heavy atom. The zero-order valence-corrected chi connectivity index (χ0v) is 23.6. The van der Waals surface area contributed by atoms with Crippen LogP contribution >= 0.6 is 0 Å². The van der Waals surface area contributed by atoms with E-state index < -0.39 is 5.97 Å². The van der Waals surface area contributed by atoms with Crippen LogP contribution in [0.3, 0.4) is 0 Å². The lowest BCUT2D eigenvalue weighted by Crippen LogP contribution is -2.45. The number of anilines is 2. The number of likely N-dealkylation sites (N-methyl/N-ethyl adjacent to an activating group) is 1.